The van der Waals surface area contributed by atoms with Gasteiger partial charge in [0, 0.05) is 96.5 Å². The Hall–Kier alpha value is -7.92. The Bertz CT molecular complexity index is 5250. The lowest BCUT2D eigenvalue weighted by Gasteiger charge is -2.28. The van der Waals surface area contributed by atoms with E-state index in [0.29, 0.717) is 59.0 Å². The fraction of sp³-hybridized carbons (Fsp3) is 0.378. The van der Waals surface area contributed by atoms with Gasteiger partial charge in [-0.1, -0.05) is 149 Å². The minimum Gasteiger partial charge on any atom is -0.336 e. The fourth-order valence-electron chi connectivity index (χ4n) is 10.1. The van der Waals surface area contributed by atoms with Crippen LogP contribution in [0.2, 0.25) is 0 Å². The first-order chi connectivity index (χ1) is 54.9. The van der Waals surface area contributed by atoms with Gasteiger partial charge in [0.1, 0.15) is 24.7 Å². The quantitative estimate of drug-likeness (QED) is 0.0295. The zero-order valence-corrected chi connectivity index (χ0v) is 54.2. The van der Waals surface area contributed by atoms with Gasteiger partial charge in [0.05, 0.1) is 20.7 Å². The van der Waals surface area contributed by atoms with Crippen LogP contribution >= 0.6 is 23.5 Å². The van der Waals surface area contributed by atoms with Crippen LogP contribution in [0.5, 0.6) is 0 Å². The predicted octanol–water partition coefficient (Wildman–Crippen LogP) is 15.0. The molecule has 2 heterocycles. The number of carbonyl (C=O) groups is 2. The van der Waals surface area contributed by atoms with Gasteiger partial charge in [-0.15, -0.1) is 0 Å². The number of likely N-dealkylation sites (N-methyl/N-ethyl adjacent to an activating group) is 2. The number of carbonyl (C=O) groups excluding carboxylic acids is 2. The lowest BCUT2D eigenvalue weighted by molar-refractivity contribution is -0.138. The third-order valence-electron chi connectivity index (χ3n) is 15.2. The van der Waals surface area contributed by atoms with Gasteiger partial charge < -0.3 is 28.7 Å². The number of hydrogen-bond donors (Lipinski definition) is 0. The second kappa shape index (κ2) is 32.9. The topological polar surface area (TPSA) is 117 Å². The summed E-state index contributed by atoms with van der Waals surface area (Å²) in [7, 11) is 0. The maximum atomic E-state index is 14.6. The number of amides is 2. The van der Waals surface area contributed by atoms with Gasteiger partial charge in [-0.2, -0.15) is 36.3 Å². The Labute approximate surface area is 597 Å². The highest BCUT2D eigenvalue weighted by Crippen LogP contribution is 2.35. The molecule has 6 aromatic carbocycles. The van der Waals surface area contributed by atoms with E-state index < -0.39 is 217 Å². The second-order valence-corrected chi connectivity index (χ2v) is 23.1. The molecule has 1 atom stereocenters. The van der Waals surface area contributed by atoms with Gasteiger partial charge in [0.25, 0.3) is 11.1 Å². The summed E-state index contributed by atoms with van der Waals surface area (Å²) in [6.45, 7) is -6.29. The molecule has 2 amide bonds. The van der Waals surface area contributed by atoms with E-state index in [0.717, 1.165) is 102 Å². The Morgan fingerprint density at radius 1 is 0.573 bits per heavy atom. The number of hydrogen-bond acceptors (Lipinski definition) is 10. The van der Waals surface area contributed by atoms with Crippen molar-refractivity contribution in [2.75, 3.05) is 52.2 Å². The van der Waals surface area contributed by atoms with Crippen LogP contribution in [0, 0.1) is 24.5 Å². The first kappa shape index (κ1) is 46.3. The molecule has 22 heteroatoms. The first-order valence-electron chi connectivity index (χ1n) is 41.7. The van der Waals surface area contributed by atoms with E-state index >= 15 is 0 Å². The Morgan fingerprint density at radius 3 is 1.53 bits per heavy atom. The third kappa shape index (κ3) is 19.0. The highest BCUT2D eigenvalue weighted by molar-refractivity contribution is 7.98. The van der Waals surface area contributed by atoms with E-state index in [1.165, 1.54) is 40.7 Å². The van der Waals surface area contributed by atoms with Crippen LogP contribution in [0.4, 0.5) is 35.1 Å². The van der Waals surface area contributed by atoms with Crippen molar-refractivity contribution in [3.63, 3.8) is 0 Å². The van der Waals surface area contributed by atoms with Gasteiger partial charge in [-0.05, 0) is 169 Å². The van der Waals surface area contributed by atoms with Crippen molar-refractivity contribution < 1.29 is 77.6 Å². The van der Waals surface area contributed by atoms with Crippen LogP contribution in [0.3, 0.4) is 0 Å². The summed E-state index contributed by atoms with van der Waals surface area (Å²) in [6.07, 6.45) is -14.6. The van der Waals surface area contributed by atoms with Gasteiger partial charge >= 0.3 is 12.4 Å². The molecule has 0 spiro atoms. The maximum Gasteiger partial charge on any atom is 0.416 e. The number of rotatable bonds is 26. The zero-order chi connectivity index (χ0) is 90.2. The molecule has 10 rings (SSSR count). The van der Waals surface area contributed by atoms with Crippen molar-refractivity contribution in [3.8, 4) is 22.3 Å². The SMILES string of the molecule is [2H]C([2H])(Sc1nc(=O)c2c(n1CC(=O)N(CCN(C([2H])([2H])C)C([2H])([2H])C)Cc1ccc(-c3ccc(C(F)(F)F)cc3)cc1)C([2H])([2H])C([2H])(C)C2([2H])[2H])c1ccc(F)cc1.[2H]c1c([2H])c(-c2c([2H])c([2H])c(C(F)(F)F)c([2H])c2[2H])c([2H])c(C)c1CN(CCN(C([2H])([2H])C)C([2H])([2H])C)C(=O)Cn1c(SC([2H])([2H])c2ccc(F)cc2)nc(=O)c2c1CCC2. The summed E-state index contributed by atoms with van der Waals surface area (Å²) in [4.78, 5) is 67.9. The number of nitrogens with zero attached hydrogens (tertiary/aromatic N) is 8. The molecule has 0 fully saturated rings. The van der Waals surface area contributed by atoms with E-state index in [1.807, 2.05) is 0 Å². The van der Waals surface area contributed by atoms with Crippen LogP contribution < -0.4 is 11.1 Å². The molecule has 8 aromatic rings. The van der Waals surface area contributed by atoms with Crippen LogP contribution in [0.15, 0.2) is 159 Å². The van der Waals surface area contributed by atoms with E-state index in [2.05, 4.69) is 9.97 Å². The number of aromatic nitrogens is 4. The molecule has 0 bridgehead atoms. The Kier molecular flexibility index (Phi) is 15.9. The average molecular weight is 1390 g/mol. The monoisotopic (exact) mass is 1380 g/mol. The van der Waals surface area contributed by atoms with Crippen molar-refractivity contribution in [1.29, 1.82) is 0 Å². The van der Waals surface area contributed by atoms with Crippen LogP contribution in [-0.2, 0) is 85.1 Å². The summed E-state index contributed by atoms with van der Waals surface area (Å²) in [5.41, 5.74) is -10.6. The largest absolute Gasteiger partial charge is 0.416 e. The summed E-state index contributed by atoms with van der Waals surface area (Å²) < 4.78 is 315. The molecule has 0 N–H and O–H groups in total. The highest BCUT2D eigenvalue weighted by Gasteiger charge is 2.33. The number of halogens is 8. The summed E-state index contributed by atoms with van der Waals surface area (Å²) in [5, 5.41) is -0.768. The van der Waals surface area contributed by atoms with Crippen LogP contribution in [0.25, 0.3) is 22.3 Å². The minimum atomic E-state index is -5.27. The lowest BCUT2D eigenvalue weighted by atomic mass is 9.98. The predicted molar refractivity (Wildman–Crippen MR) is 362 cm³/mol. The van der Waals surface area contributed by atoms with Crippen molar-refractivity contribution in [3.05, 3.63) is 233 Å². The van der Waals surface area contributed by atoms with Crippen molar-refractivity contribution in [2.24, 2.45) is 5.89 Å². The van der Waals surface area contributed by atoms with Gasteiger partial charge in [0.2, 0.25) is 11.8 Å². The summed E-state index contributed by atoms with van der Waals surface area (Å²) in [5.74, 6) is -5.59. The molecular weight excluding hydrogens is 1280 g/mol. The number of alkyl halides is 6. The summed E-state index contributed by atoms with van der Waals surface area (Å²) >= 11 is 0.763. The highest BCUT2D eigenvalue weighted by atomic mass is 32.2. The molecular formula is C74H80F8N8O4S2. The molecule has 96 heavy (non-hydrogen) atoms. The van der Waals surface area contributed by atoms with E-state index in [9.17, 15) is 54.3 Å². The molecule has 12 nitrogen and oxygen atoms in total. The van der Waals surface area contributed by atoms with Gasteiger partial charge in [-0.3, -0.25) is 19.2 Å². The number of thioether (sulfide) groups is 2. The molecule has 508 valence electrons. The summed E-state index contributed by atoms with van der Waals surface area (Å²) in [6, 6.07) is 12.1. The third-order valence-corrected chi connectivity index (χ3v) is 16.9. The van der Waals surface area contributed by atoms with Crippen molar-refractivity contribution in [1.82, 2.24) is 38.7 Å². The Balaban J connectivity index is 0.000000273. The van der Waals surface area contributed by atoms with Crippen molar-refractivity contribution >= 4 is 35.3 Å². The van der Waals surface area contributed by atoms with E-state index in [-0.39, 0.29) is 58.8 Å². The van der Waals surface area contributed by atoms with Crippen LogP contribution in [-0.4, -0.2) is 103 Å². The average Bonchev–Trinajstić information content (AvgIpc) is 1.52. The zero-order valence-electron chi connectivity index (χ0n) is 76.6. The minimum absolute atomic E-state index is 0.0273. The molecule has 0 saturated heterocycles. The van der Waals surface area contributed by atoms with Crippen LogP contribution in [0.1, 0.15) is 135 Å². The molecule has 0 aliphatic heterocycles. The second-order valence-electron chi connectivity index (χ2n) is 21.6. The van der Waals surface area contributed by atoms with Crippen molar-refractivity contribution in [2.45, 2.75) is 134 Å². The van der Waals surface area contributed by atoms with Gasteiger partial charge in [-0.25, -0.2) is 8.78 Å². The Morgan fingerprint density at radius 2 is 1.03 bits per heavy atom. The molecule has 0 saturated carbocycles. The lowest BCUT2D eigenvalue weighted by Crippen LogP contribution is -2.40. The molecule has 2 aliphatic carbocycles. The van der Waals surface area contributed by atoms with Gasteiger partial charge in [0.15, 0.2) is 10.3 Å². The fourth-order valence-corrected chi connectivity index (χ4v) is 11.6. The number of benzene rings is 6. The number of fused-ring (bicyclic) bond motifs is 2. The first-order valence-corrected chi connectivity index (χ1v) is 31.3. The standard InChI is InChI=1S/2C37H40F4N4O2S/c1-4-43(5-2)18-19-44(22-26-6-10-28(11-7-26)29-12-14-30(15-13-29)37(39,40)41)34(46)23-45-33-21-25(3)20-32(33)35(47)42-36(45)48-24-27-8-16-31(38)17-9-27;1-4-43(5-2)19-20-44(22-29-12-11-28(21-25(29)3)27-13-15-30(16-14-27)37(39,40)41)34(46)23-45-33-8-6-7-32(33)35(47)42-36(45)48-24-26-9-17-31(38)18-10-26/h6-17,25H,4-5,18-24H2,1-3H3;9-18,21H,4-8,19-20,22-24H2,1-3H3/i4D2,5D2,20D2,21D2,24D2,25D;4D2,5D2,11D,12D,13D,14D,15D,16D,21D,24D2. The normalized spacial score (nSPS) is 20.0. The maximum absolute atomic E-state index is 14.6. The molecule has 2 aliphatic rings. The smallest absolute Gasteiger partial charge is 0.336 e. The molecule has 2 aromatic heterocycles. The molecule has 1 unspecified atom stereocenters. The van der Waals surface area contributed by atoms with E-state index in [4.69, 9.17) is 32.9 Å². The molecule has 0 radical (unpaired) electrons. The van der Waals surface area contributed by atoms with E-state index in [1.54, 1.807) is 24.3 Å².